The van der Waals surface area contributed by atoms with E-state index in [-0.39, 0.29) is 0 Å². The van der Waals surface area contributed by atoms with Crippen molar-refractivity contribution in [1.29, 1.82) is 0 Å². The first-order valence-electron chi connectivity index (χ1n) is 18.1. The third-order valence-electron chi connectivity index (χ3n) is 10.4. The summed E-state index contributed by atoms with van der Waals surface area (Å²) < 4.78 is 4.63. The molecule has 4 heterocycles. The maximum Gasteiger partial charge on any atom is 0.238 e. The second-order valence-corrected chi connectivity index (χ2v) is 13.5. The minimum atomic E-state index is 0.556. The zero-order valence-corrected chi connectivity index (χ0v) is 29.0. The highest BCUT2D eigenvalue weighted by Crippen LogP contribution is 2.44. The summed E-state index contributed by atoms with van der Waals surface area (Å²) in [5.41, 5.74) is 10.3. The van der Waals surface area contributed by atoms with Crippen LogP contribution < -0.4 is 0 Å². The fourth-order valence-corrected chi connectivity index (χ4v) is 8.05. The average Bonchev–Trinajstić information content (AvgIpc) is 3.78. The quantitative estimate of drug-likeness (QED) is 0.180. The molecule has 0 saturated heterocycles. The maximum atomic E-state index is 5.25. The molecule has 11 aromatic rings. The van der Waals surface area contributed by atoms with Crippen LogP contribution in [0.25, 0.3) is 100 Å². The molecule has 0 aliphatic carbocycles. The lowest BCUT2D eigenvalue weighted by molar-refractivity contribution is 0.953. The van der Waals surface area contributed by atoms with Gasteiger partial charge in [-0.25, -0.2) is 4.98 Å². The molecular formula is C48H30N6. The van der Waals surface area contributed by atoms with Gasteiger partial charge in [0.1, 0.15) is 0 Å². The Morgan fingerprint density at radius 2 is 0.852 bits per heavy atom. The number of hydrogen-bond acceptors (Lipinski definition) is 4. The molecule has 252 valence electrons. The molecule has 0 atom stereocenters. The third-order valence-corrected chi connectivity index (χ3v) is 10.4. The van der Waals surface area contributed by atoms with Crippen molar-refractivity contribution in [2.75, 3.05) is 0 Å². The van der Waals surface area contributed by atoms with E-state index in [1.54, 1.807) is 0 Å². The molecule has 0 amide bonds. The zero-order chi connectivity index (χ0) is 35.6. The zero-order valence-electron chi connectivity index (χ0n) is 29.0. The van der Waals surface area contributed by atoms with Crippen molar-refractivity contribution in [1.82, 2.24) is 29.1 Å². The molecule has 54 heavy (non-hydrogen) atoms. The monoisotopic (exact) mass is 690 g/mol. The van der Waals surface area contributed by atoms with Crippen molar-refractivity contribution in [3.8, 4) is 45.5 Å². The first-order valence-corrected chi connectivity index (χ1v) is 18.1. The minimum absolute atomic E-state index is 0.556. The van der Waals surface area contributed by atoms with E-state index in [4.69, 9.17) is 19.9 Å². The van der Waals surface area contributed by atoms with E-state index in [1.165, 1.54) is 0 Å². The Labute approximate surface area is 310 Å². The van der Waals surface area contributed by atoms with Gasteiger partial charge in [0.15, 0.2) is 11.6 Å². The van der Waals surface area contributed by atoms with Crippen LogP contribution in [0.15, 0.2) is 182 Å². The molecule has 0 fully saturated rings. The number of aromatic nitrogens is 6. The second-order valence-electron chi connectivity index (χ2n) is 13.5. The molecule has 0 unspecified atom stereocenters. The first-order chi connectivity index (χ1) is 26.8. The van der Waals surface area contributed by atoms with Crippen LogP contribution in [0.3, 0.4) is 0 Å². The van der Waals surface area contributed by atoms with E-state index in [0.717, 1.165) is 82.5 Å². The molecule has 7 aromatic carbocycles. The lowest BCUT2D eigenvalue weighted by atomic mass is 10.00. The Bertz CT molecular complexity index is 3130. The van der Waals surface area contributed by atoms with Gasteiger partial charge in [0.25, 0.3) is 0 Å². The number of nitrogens with zero attached hydrogens (tertiary/aromatic N) is 6. The predicted molar refractivity (Wildman–Crippen MR) is 220 cm³/mol. The van der Waals surface area contributed by atoms with Gasteiger partial charge in [-0.05, 0) is 35.4 Å². The van der Waals surface area contributed by atoms with Gasteiger partial charge in [0, 0.05) is 49.9 Å². The van der Waals surface area contributed by atoms with E-state index in [2.05, 4.69) is 124 Å². The van der Waals surface area contributed by atoms with Crippen molar-refractivity contribution >= 4 is 54.5 Å². The van der Waals surface area contributed by atoms with E-state index in [0.29, 0.717) is 17.6 Å². The van der Waals surface area contributed by atoms with Crippen LogP contribution in [-0.2, 0) is 0 Å². The van der Waals surface area contributed by atoms with Gasteiger partial charge in [0.2, 0.25) is 5.95 Å². The highest BCUT2D eigenvalue weighted by molar-refractivity contribution is 6.27. The van der Waals surface area contributed by atoms with E-state index < -0.39 is 0 Å². The van der Waals surface area contributed by atoms with Crippen molar-refractivity contribution in [3.05, 3.63) is 182 Å². The van der Waals surface area contributed by atoms with Crippen LogP contribution in [0.5, 0.6) is 0 Å². The largest absolute Gasteiger partial charge is 0.305 e. The van der Waals surface area contributed by atoms with Gasteiger partial charge >= 0.3 is 0 Å². The number of benzene rings is 7. The Balaban J connectivity index is 1.32. The molecule has 6 nitrogen and oxygen atoms in total. The van der Waals surface area contributed by atoms with Crippen LogP contribution in [0.1, 0.15) is 0 Å². The Kier molecular flexibility index (Phi) is 6.75. The number of pyridine rings is 1. The van der Waals surface area contributed by atoms with Gasteiger partial charge in [-0.1, -0.05) is 152 Å². The number of fused-ring (bicyclic) bond motifs is 9. The summed E-state index contributed by atoms with van der Waals surface area (Å²) in [6.07, 6.45) is 1.94. The van der Waals surface area contributed by atoms with Crippen molar-refractivity contribution in [2.45, 2.75) is 0 Å². The SMILES string of the molecule is c1ccc(-c2nc(-c3ccccc3)nc(-n3c4ccccc4c4ccc5c6ccc7c(-c8ccccc8)ccnc7c6n(-c6ccccc6)c5c43)n2)cc1. The molecule has 0 spiro atoms. The highest BCUT2D eigenvalue weighted by atomic mass is 15.2. The van der Waals surface area contributed by atoms with Gasteiger partial charge in [-0.2, -0.15) is 9.97 Å². The molecule has 0 aliphatic rings. The molecule has 0 radical (unpaired) electrons. The summed E-state index contributed by atoms with van der Waals surface area (Å²) in [5, 5.41) is 5.59. The summed E-state index contributed by atoms with van der Waals surface area (Å²) in [6, 6.07) is 61.1. The summed E-state index contributed by atoms with van der Waals surface area (Å²) in [5.74, 6) is 1.79. The molecule has 6 heteroatoms. The fraction of sp³-hybridized carbons (Fsp3) is 0. The molecule has 0 aliphatic heterocycles. The van der Waals surface area contributed by atoms with E-state index >= 15 is 0 Å². The first kappa shape index (κ1) is 30.2. The average molecular weight is 691 g/mol. The topological polar surface area (TPSA) is 61.4 Å². The standard InChI is InChI=1S/C48H30N6/c1-5-15-31(16-6-1)35-29-30-49-42-37(35)25-26-39-40-28-27-38-36-23-13-14-24-41(36)54(45(38)44(40)53(43(39)42)34-21-11-4-12-22-34)48-51-46(32-17-7-2-8-18-32)50-47(52-48)33-19-9-3-10-20-33/h1-30H. The summed E-state index contributed by atoms with van der Waals surface area (Å²) >= 11 is 0. The van der Waals surface area contributed by atoms with Crippen LogP contribution in [0.4, 0.5) is 0 Å². The van der Waals surface area contributed by atoms with Gasteiger partial charge in [-0.15, -0.1) is 0 Å². The predicted octanol–water partition coefficient (Wildman–Crippen LogP) is 11.6. The lowest BCUT2D eigenvalue weighted by Crippen LogP contribution is -2.07. The van der Waals surface area contributed by atoms with Crippen LogP contribution >= 0.6 is 0 Å². The number of para-hydroxylation sites is 2. The smallest absolute Gasteiger partial charge is 0.238 e. The third kappa shape index (κ3) is 4.60. The fourth-order valence-electron chi connectivity index (χ4n) is 8.05. The molecule has 0 saturated carbocycles. The van der Waals surface area contributed by atoms with Gasteiger partial charge in [-0.3, -0.25) is 9.55 Å². The van der Waals surface area contributed by atoms with Crippen molar-refractivity contribution in [2.24, 2.45) is 0 Å². The Morgan fingerprint density at radius 1 is 0.352 bits per heavy atom. The summed E-state index contributed by atoms with van der Waals surface area (Å²) in [6.45, 7) is 0. The van der Waals surface area contributed by atoms with Crippen LogP contribution in [-0.4, -0.2) is 29.1 Å². The van der Waals surface area contributed by atoms with Gasteiger partial charge < -0.3 is 4.57 Å². The van der Waals surface area contributed by atoms with E-state index in [9.17, 15) is 0 Å². The van der Waals surface area contributed by atoms with Crippen molar-refractivity contribution in [3.63, 3.8) is 0 Å². The maximum absolute atomic E-state index is 5.25. The number of rotatable bonds is 5. The molecule has 11 rings (SSSR count). The van der Waals surface area contributed by atoms with Crippen molar-refractivity contribution < 1.29 is 0 Å². The molecular weight excluding hydrogens is 661 g/mol. The summed E-state index contributed by atoms with van der Waals surface area (Å²) in [7, 11) is 0. The Morgan fingerprint density at radius 3 is 1.50 bits per heavy atom. The van der Waals surface area contributed by atoms with E-state index in [1.807, 2.05) is 66.9 Å². The van der Waals surface area contributed by atoms with Gasteiger partial charge in [0.05, 0.1) is 27.6 Å². The lowest BCUT2D eigenvalue weighted by Gasteiger charge is -2.14. The normalized spacial score (nSPS) is 11.7. The molecule has 0 N–H and O–H groups in total. The summed E-state index contributed by atoms with van der Waals surface area (Å²) in [4.78, 5) is 20.6. The minimum Gasteiger partial charge on any atom is -0.305 e. The number of hydrogen-bond donors (Lipinski definition) is 0. The molecule has 4 aromatic heterocycles. The van der Waals surface area contributed by atoms with Crippen LogP contribution in [0, 0.1) is 0 Å². The Hall–Kier alpha value is -7.44. The molecule has 0 bridgehead atoms. The second kappa shape index (κ2) is 12.1. The van der Waals surface area contributed by atoms with Crippen LogP contribution in [0.2, 0.25) is 0 Å². The highest BCUT2D eigenvalue weighted by Gasteiger charge is 2.25.